The number of benzene rings is 1. The lowest BCUT2D eigenvalue weighted by Crippen LogP contribution is -2.48. The van der Waals surface area contributed by atoms with Crippen LogP contribution in [0.5, 0.6) is 0 Å². The van der Waals surface area contributed by atoms with Crippen molar-refractivity contribution in [2.45, 2.75) is 58.8 Å². The Hall–Kier alpha value is -2.25. The number of aromatic nitrogens is 2. The van der Waals surface area contributed by atoms with Crippen LogP contribution < -0.4 is 5.56 Å². The number of carbonyl (C=O) groups is 1. The molecule has 2 aliphatic rings. The molecule has 2 fully saturated rings. The maximum absolute atomic E-state index is 13.4. The molecule has 2 unspecified atom stereocenters. The fraction of sp³-hybridized carbons (Fsp3) is 0.625. The van der Waals surface area contributed by atoms with Crippen molar-refractivity contribution >= 4 is 16.7 Å². The molecule has 0 saturated carbocycles. The second kappa shape index (κ2) is 9.09. The monoisotopic (exact) mass is 426 g/mol. The molecular weight excluding hydrogens is 392 g/mol. The van der Waals surface area contributed by atoms with Gasteiger partial charge in [-0.25, -0.2) is 4.68 Å². The number of likely N-dealkylation sites (tertiary alicyclic amines) is 1. The van der Waals surface area contributed by atoms with E-state index in [1.54, 1.807) is 6.07 Å². The largest absolute Gasteiger partial charge is 0.373 e. The maximum atomic E-state index is 13.4. The summed E-state index contributed by atoms with van der Waals surface area (Å²) in [7, 11) is 0. The maximum Gasteiger partial charge on any atom is 0.274 e. The van der Waals surface area contributed by atoms with Crippen molar-refractivity contribution in [2.24, 2.45) is 5.92 Å². The quantitative estimate of drug-likeness (QED) is 0.752. The van der Waals surface area contributed by atoms with Gasteiger partial charge >= 0.3 is 0 Å². The third kappa shape index (κ3) is 4.67. The Morgan fingerprint density at radius 1 is 1.10 bits per heavy atom. The van der Waals surface area contributed by atoms with Gasteiger partial charge in [-0.3, -0.25) is 14.5 Å². The summed E-state index contributed by atoms with van der Waals surface area (Å²) >= 11 is 0. The Labute approximate surface area is 184 Å². The van der Waals surface area contributed by atoms with Gasteiger partial charge in [-0.1, -0.05) is 18.2 Å². The number of carbonyl (C=O) groups excluding carboxylic acids is 1. The lowest BCUT2D eigenvalue weighted by atomic mass is 9.95. The van der Waals surface area contributed by atoms with Crippen LogP contribution in [0, 0.1) is 5.92 Å². The van der Waals surface area contributed by atoms with Gasteiger partial charge in [0.05, 0.1) is 23.6 Å². The van der Waals surface area contributed by atoms with E-state index in [1.807, 2.05) is 36.9 Å². The van der Waals surface area contributed by atoms with Crippen LogP contribution in [-0.4, -0.2) is 70.4 Å². The Balaban J connectivity index is 1.47. The average Bonchev–Trinajstić information content (AvgIpc) is 2.73. The van der Waals surface area contributed by atoms with Gasteiger partial charge < -0.3 is 9.64 Å². The predicted molar refractivity (Wildman–Crippen MR) is 121 cm³/mol. The van der Waals surface area contributed by atoms with Gasteiger partial charge in [0.25, 0.3) is 11.5 Å². The van der Waals surface area contributed by atoms with Crippen molar-refractivity contribution in [3.8, 4) is 0 Å². The summed E-state index contributed by atoms with van der Waals surface area (Å²) in [5.41, 5.74) is 0.244. The second-order valence-corrected chi connectivity index (χ2v) is 9.45. The fourth-order valence-electron chi connectivity index (χ4n) is 4.98. The third-order valence-corrected chi connectivity index (χ3v) is 6.43. The topological polar surface area (TPSA) is 67.7 Å². The molecule has 2 aromatic rings. The third-order valence-electron chi connectivity index (χ3n) is 6.43. The van der Waals surface area contributed by atoms with Crippen molar-refractivity contribution in [3.63, 3.8) is 0 Å². The minimum Gasteiger partial charge on any atom is -0.373 e. The number of ether oxygens (including phenoxy) is 1. The lowest BCUT2D eigenvalue weighted by Gasteiger charge is -2.39. The highest BCUT2D eigenvalue weighted by atomic mass is 16.5. The molecule has 2 aliphatic heterocycles. The van der Waals surface area contributed by atoms with Gasteiger partial charge in [0.15, 0.2) is 5.69 Å². The van der Waals surface area contributed by atoms with Crippen molar-refractivity contribution in [1.82, 2.24) is 19.6 Å². The van der Waals surface area contributed by atoms with E-state index in [2.05, 4.69) is 23.8 Å². The zero-order valence-corrected chi connectivity index (χ0v) is 19.1. The van der Waals surface area contributed by atoms with E-state index in [0.717, 1.165) is 45.6 Å². The highest BCUT2D eigenvalue weighted by molar-refractivity contribution is 6.04. The summed E-state index contributed by atoms with van der Waals surface area (Å²) in [5, 5.41) is 5.70. The number of amides is 1. The smallest absolute Gasteiger partial charge is 0.274 e. The van der Waals surface area contributed by atoms with Crippen molar-refractivity contribution in [2.75, 3.05) is 32.7 Å². The van der Waals surface area contributed by atoms with E-state index in [1.165, 1.54) is 4.68 Å². The lowest BCUT2D eigenvalue weighted by molar-refractivity contribution is -0.0728. The summed E-state index contributed by atoms with van der Waals surface area (Å²) in [6.45, 7) is 12.6. The zero-order valence-electron chi connectivity index (χ0n) is 19.1. The molecule has 2 saturated heterocycles. The van der Waals surface area contributed by atoms with Gasteiger partial charge in [-0.2, -0.15) is 5.10 Å². The molecule has 4 rings (SSSR count). The van der Waals surface area contributed by atoms with Crippen molar-refractivity contribution in [1.29, 1.82) is 0 Å². The molecule has 3 heterocycles. The number of hydrogen-bond donors (Lipinski definition) is 0. The van der Waals surface area contributed by atoms with Gasteiger partial charge in [0, 0.05) is 38.1 Å². The van der Waals surface area contributed by atoms with E-state index >= 15 is 0 Å². The molecule has 7 heteroatoms. The van der Waals surface area contributed by atoms with Crippen LogP contribution in [0.2, 0.25) is 0 Å². The van der Waals surface area contributed by atoms with Gasteiger partial charge in [-0.15, -0.1) is 0 Å². The van der Waals surface area contributed by atoms with Crippen LogP contribution in [0.1, 0.15) is 57.1 Å². The highest BCUT2D eigenvalue weighted by Crippen LogP contribution is 2.23. The molecular formula is C24H34N4O3. The molecule has 0 bridgehead atoms. The number of morpholine rings is 1. The molecule has 0 aliphatic carbocycles. The SMILES string of the molecule is CC1CN(CC2CCN(C(=O)c3nn(C(C)C)c(=O)c4ccccc34)CC2)CC(C)O1. The second-order valence-electron chi connectivity index (χ2n) is 9.45. The minimum absolute atomic E-state index is 0.0716. The number of nitrogens with zero attached hydrogens (tertiary/aromatic N) is 4. The number of piperidine rings is 1. The van der Waals surface area contributed by atoms with Crippen LogP contribution >= 0.6 is 0 Å². The summed E-state index contributed by atoms with van der Waals surface area (Å²) in [6, 6.07) is 7.20. The Kier molecular flexibility index (Phi) is 6.44. The summed E-state index contributed by atoms with van der Waals surface area (Å²) in [4.78, 5) is 30.6. The van der Waals surface area contributed by atoms with Crippen molar-refractivity contribution in [3.05, 3.63) is 40.3 Å². The highest BCUT2D eigenvalue weighted by Gasteiger charge is 2.30. The van der Waals surface area contributed by atoms with Crippen molar-refractivity contribution < 1.29 is 9.53 Å². The molecule has 1 amide bonds. The van der Waals surface area contributed by atoms with E-state index in [4.69, 9.17) is 4.74 Å². The molecule has 7 nitrogen and oxygen atoms in total. The number of hydrogen-bond acceptors (Lipinski definition) is 5. The molecule has 0 radical (unpaired) electrons. The first-order valence-electron chi connectivity index (χ1n) is 11.5. The van der Waals surface area contributed by atoms with Crippen LogP contribution in [0.25, 0.3) is 10.8 Å². The van der Waals surface area contributed by atoms with Gasteiger partial charge in [0.2, 0.25) is 0 Å². The summed E-state index contributed by atoms with van der Waals surface area (Å²) in [5.74, 6) is 0.522. The summed E-state index contributed by atoms with van der Waals surface area (Å²) in [6.07, 6.45) is 2.55. The molecule has 0 spiro atoms. The van der Waals surface area contributed by atoms with Crippen LogP contribution in [0.15, 0.2) is 29.1 Å². The average molecular weight is 427 g/mol. The van der Waals surface area contributed by atoms with Gasteiger partial charge in [-0.05, 0) is 52.5 Å². The molecule has 1 aromatic heterocycles. The Bertz CT molecular complexity index is 984. The van der Waals surface area contributed by atoms with E-state index in [0.29, 0.717) is 22.4 Å². The molecule has 0 N–H and O–H groups in total. The van der Waals surface area contributed by atoms with Crippen LogP contribution in [-0.2, 0) is 4.74 Å². The van der Waals surface area contributed by atoms with E-state index in [9.17, 15) is 9.59 Å². The summed E-state index contributed by atoms with van der Waals surface area (Å²) < 4.78 is 7.28. The minimum atomic E-state index is -0.144. The van der Waals surface area contributed by atoms with E-state index < -0.39 is 0 Å². The number of fused-ring (bicyclic) bond motifs is 1. The van der Waals surface area contributed by atoms with Crippen LogP contribution in [0.3, 0.4) is 0 Å². The normalized spacial score (nSPS) is 23.6. The van der Waals surface area contributed by atoms with Crippen LogP contribution in [0.4, 0.5) is 0 Å². The Morgan fingerprint density at radius 3 is 2.32 bits per heavy atom. The number of rotatable bonds is 4. The molecule has 31 heavy (non-hydrogen) atoms. The first-order chi connectivity index (χ1) is 14.8. The standard InChI is InChI=1S/C24H34N4O3/c1-16(2)28-23(29)21-8-6-5-7-20(21)22(25-28)24(30)27-11-9-19(10-12-27)15-26-13-17(3)31-18(4)14-26/h5-8,16-19H,9-15H2,1-4H3. The molecule has 2 atom stereocenters. The van der Waals surface area contributed by atoms with Gasteiger partial charge in [0.1, 0.15) is 0 Å². The molecule has 168 valence electrons. The Morgan fingerprint density at radius 2 is 1.71 bits per heavy atom. The first-order valence-corrected chi connectivity index (χ1v) is 11.5. The first kappa shape index (κ1) is 22.0. The predicted octanol–water partition coefficient (Wildman–Crippen LogP) is 2.94. The fourth-order valence-corrected chi connectivity index (χ4v) is 4.98. The van der Waals surface area contributed by atoms with E-state index in [-0.39, 0.29) is 29.7 Å². The molecule has 1 aromatic carbocycles. The zero-order chi connectivity index (χ0) is 22.1.